The highest BCUT2D eigenvalue weighted by molar-refractivity contribution is 4.83. The van der Waals surface area contributed by atoms with Crippen LogP contribution in [0, 0.1) is 0 Å². The summed E-state index contributed by atoms with van der Waals surface area (Å²) in [6.45, 7) is -0.688. The minimum absolute atomic E-state index is 0.203. The fourth-order valence-electron chi connectivity index (χ4n) is 0.894. The van der Waals surface area contributed by atoms with E-state index in [0.29, 0.717) is 0 Å². The van der Waals surface area contributed by atoms with E-state index < -0.39 is 24.0 Å². The van der Waals surface area contributed by atoms with Gasteiger partial charge in [0.1, 0.15) is 0 Å². The summed E-state index contributed by atoms with van der Waals surface area (Å²) in [5.41, 5.74) is -1.10. The summed E-state index contributed by atoms with van der Waals surface area (Å²) in [7, 11) is 0. The second-order valence-electron chi connectivity index (χ2n) is 2.57. The SMILES string of the molecule is O=c1cc[nH]c(=O)n1C[C@H](O)CO. The molecule has 1 heterocycles. The number of aliphatic hydroxyl groups is 2. The molecule has 1 rings (SSSR count). The predicted octanol–water partition coefficient (Wildman–Crippen LogP) is -2.11. The number of rotatable bonds is 3. The van der Waals surface area contributed by atoms with Gasteiger partial charge in [0.05, 0.1) is 19.3 Å². The first-order chi connectivity index (χ1) is 6.15. The Hall–Kier alpha value is -1.40. The van der Waals surface area contributed by atoms with E-state index in [0.717, 1.165) is 4.57 Å². The maximum Gasteiger partial charge on any atom is 0.328 e. The molecule has 13 heavy (non-hydrogen) atoms. The van der Waals surface area contributed by atoms with E-state index in [-0.39, 0.29) is 6.54 Å². The Labute approximate surface area is 73.1 Å². The molecule has 0 aromatic carbocycles. The van der Waals surface area contributed by atoms with Crippen molar-refractivity contribution in [2.75, 3.05) is 6.61 Å². The molecule has 3 N–H and O–H groups in total. The Morgan fingerprint density at radius 2 is 2.23 bits per heavy atom. The van der Waals surface area contributed by atoms with Gasteiger partial charge < -0.3 is 15.2 Å². The van der Waals surface area contributed by atoms with E-state index in [1.165, 1.54) is 12.3 Å². The summed E-state index contributed by atoms with van der Waals surface area (Å²) in [4.78, 5) is 24.3. The van der Waals surface area contributed by atoms with Gasteiger partial charge in [-0.05, 0) is 0 Å². The number of aromatic amines is 1. The first kappa shape index (κ1) is 9.69. The normalized spacial score (nSPS) is 12.8. The predicted molar refractivity (Wildman–Crippen MR) is 44.4 cm³/mol. The minimum Gasteiger partial charge on any atom is -0.394 e. The van der Waals surface area contributed by atoms with Crippen molar-refractivity contribution in [3.8, 4) is 0 Å². The maximum absolute atomic E-state index is 11.0. The van der Waals surface area contributed by atoms with Crippen LogP contribution in [0.25, 0.3) is 0 Å². The number of nitrogens with one attached hydrogen (secondary N) is 1. The lowest BCUT2D eigenvalue weighted by atomic mass is 10.4. The van der Waals surface area contributed by atoms with Crippen LogP contribution in [0.5, 0.6) is 0 Å². The first-order valence-electron chi connectivity index (χ1n) is 3.72. The van der Waals surface area contributed by atoms with Gasteiger partial charge >= 0.3 is 5.69 Å². The maximum atomic E-state index is 11.0. The Balaban J connectivity index is 3.01. The summed E-state index contributed by atoms with van der Waals surface area (Å²) in [6, 6.07) is 1.17. The molecule has 1 aromatic rings. The van der Waals surface area contributed by atoms with Gasteiger partial charge in [0.2, 0.25) is 0 Å². The molecule has 0 bridgehead atoms. The van der Waals surface area contributed by atoms with Crippen molar-refractivity contribution >= 4 is 0 Å². The lowest BCUT2D eigenvalue weighted by molar-refractivity contribution is 0.0793. The molecule has 0 saturated carbocycles. The van der Waals surface area contributed by atoms with Crippen molar-refractivity contribution in [2.45, 2.75) is 12.6 Å². The molecule has 0 spiro atoms. The molecule has 1 aromatic heterocycles. The van der Waals surface area contributed by atoms with E-state index in [1.807, 2.05) is 0 Å². The van der Waals surface area contributed by atoms with Crippen molar-refractivity contribution in [3.63, 3.8) is 0 Å². The Kier molecular flexibility index (Phi) is 2.99. The van der Waals surface area contributed by atoms with Crippen molar-refractivity contribution in [3.05, 3.63) is 33.1 Å². The molecular weight excluding hydrogens is 176 g/mol. The zero-order chi connectivity index (χ0) is 9.84. The van der Waals surface area contributed by atoms with Gasteiger partial charge in [-0.1, -0.05) is 0 Å². The number of nitrogens with zero attached hydrogens (tertiary/aromatic N) is 1. The summed E-state index contributed by atoms with van der Waals surface area (Å²) in [5, 5.41) is 17.5. The second-order valence-corrected chi connectivity index (χ2v) is 2.57. The van der Waals surface area contributed by atoms with Gasteiger partial charge in [-0.15, -0.1) is 0 Å². The van der Waals surface area contributed by atoms with E-state index in [1.54, 1.807) is 0 Å². The largest absolute Gasteiger partial charge is 0.394 e. The van der Waals surface area contributed by atoms with Crippen LogP contribution in [0.2, 0.25) is 0 Å². The summed E-state index contributed by atoms with van der Waals surface area (Å²) in [5.74, 6) is 0. The monoisotopic (exact) mass is 186 g/mol. The fraction of sp³-hybridized carbons (Fsp3) is 0.429. The molecule has 0 amide bonds. The van der Waals surface area contributed by atoms with Crippen LogP contribution in [0.3, 0.4) is 0 Å². The smallest absolute Gasteiger partial charge is 0.328 e. The molecule has 0 unspecified atom stereocenters. The van der Waals surface area contributed by atoms with E-state index >= 15 is 0 Å². The van der Waals surface area contributed by atoms with Crippen molar-refractivity contribution in [1.82, 2.24) is 9.55 Å². The lowest BCUT2D eigenvalue weighted by Crippen LogP contribution is -2.38. The summed E-state index contributed by atoms with van der Waals surface area (Å²) in [6.07, 6.45) is 0.133. The highest BCUT2D eigenvalue weighted by Gasteiger charge is 2.06. The van der Waals surface area contributed by atoms with Crippen LogP contribution in [0.15, 0.2) is 21.9 Å². The molecule has 72 valence electrons. The van der Waals surface area contributed by atoms with Crippen LogP contribution in [-0.2, 0) is 6.54 Å². The molecule has 0 radical (unpaired) electrons. The Bertz CT molecular complexity index is 352. The van der Waals surface area contributed by atoms with Gasteiger partial charge in [0, 0.05) is 12.3 Å². The van der Waals surface area contributed by atoms with Gasteiger partial charge in [0.15, 0.2) is 0 Å². The summed E-state index contributed by atoms with van der Waals surface area (Å²) < 4.78 is 0.820. The minimum atomic E-state index is -1.10. The molecule has 0 saturated heterocycles. The first-order valence-corrected chi connectivity index (χ1v) is 3.72. The molecule has 1 atom stereocenters. The molecule has 0 aliphatic heterocycles. The van der Waals surface area contributed by atoms with Crippen LogP contribution in [0.1, 0.15) is 0 Å². The Morgan fingerprint density at radius 1 is 1.54 bits per heavy atom. The zero-order valence-corrected chi connectivity index (χ0v) is 6.80. The average Bonchev–Trinajstić information content (AvgIpc) is 2.11. The van der Waals surface area contributed by atoms with Crippen LogP contribution < -0.4 is 11.2 Å². The zero-order valence-electron chi connectivity index (χ0n) is 6.80. The Morgan fingerprint density at radius 3 is 2.77 bits per heavy atom. The van der Waals surface area contributed by atoms with Gasteiger partial charge in [0.25, 0.3) is 5.56 Å². The van der Waals surface area contributed by atoms with Crippen molar-refractivity contribution in [2.24, 2.45) is 0 Å². The third-order valence-electron chi connectivity index (χ3n) is 1.55. The fourth-order valence-corrected chi connectivity index (χ4v) is 0.894. The van der Waals surface area contributed by atoms with E-state index in [9.17, 15) is 9.59 Å². The molecule has 0 aliphatic carbocycles. The highest BCUT2D eigenvalue weighted by Crippen LogP contribution is 1.82. The standard InChI is InChI=1S/C7H10N2O4/c10-4-5(11)3-9-6(12)1-2-8-7(9)13/h1-2,5,10-11H,3-4H2,(H,8,13)/t5-/m0/s1. The third kappa shape index (κ3) is 2.27. The van der Waals surface area contributed by atoms with Gasteiger partial charge in [-0.2, -0.15) is 0 Å². The molecule has 0 fully saturated rings. The van der Waals surface area contributed by atoms with Gasteiger partial charge in [-0.25, -0.2) is 4.79 Å². The number of hydrogen-bond acceptors (Lipinski definition) is 4. The number of aromatic nitrogens is 2. The number of H-pyrrole nitrogens is 1. The number of hydrogen-bond donors (Lipinski definition) is 3. The number of aliphatic hydroxyl groups excluding tert-OH is 2. The van der Waals surface area contributed by atoms with Crippen LogP contribution in [-0.4, -0.2) is 32.5 Å². The second kappa shape index (κ2) is 4.01. The van der Waals surface area contributed by atoms with E-state index in [2.05, 4.69) is 4.98 Å². The summed E-state index contributed by atoms with van der Waals surface area (Å²) >= 11 is 0. The quantitative estimate of drug-likeness (QED) is 0.503. The highest BCUT2D eigenvalue weighted by atomic mass is 16.3. The van der Waals surface area contributed by atoms with Crippen molar-refractivity contribution < 1.29 is 10.2 Å². The molecular formula is C7H10N2O4. The topological polar surface area (TPSA) is 95.3 Å². The molecule has 0 aliphatic rings. The van der Waals surface area contributed by atoms with E-state index in [4.69, 9.17) is 10.2 Å². The lowest BCUT2D eigenvalue weighted by Gasteiger charge is -2.07. The third-order valence-corrected chi connectivity index (χ3v) is 1.55. The molecule has 6 nitrogen and oxygen atoms in total. The van der Waals surface area contributed by atoms with Gasteiger partial charge in [-0.3, -0.25) is 9.36 Å². The van der Waals surface area contributed by atoms with Crippen molar-refractivity contribution in [1.29, 1.82) is 0 Å². The van der Waals surface area contributed by atoms with Crippen LogP contribution in [0.4, 0.5) is 0 Å². The van der Waals surface area contributed by atoms with Crippen LogP contribution >= 0.6 is 0 Å². The molecule has 6 heteroatoms. The average molecular weight is 186 g/mol.